The van der Waals surface area contributed by atoms with Crippen LogP contribution in [0.15, 0.2) is 0 Å². The van der Waals surface area contributed by atoms with Gasteiger partial charge in [0.1, 0.15) is 11.8 Å². The first-order chi connectivity index (χ1) is 6.74. The van der Waals surface area contributed by atoms with Crippen molar-refractivity contribution >= 4 is 11.8 Å². The Hall–Kier alpha value is -0.900. The molecule has 1 aliphatic heterocycles. The van der Waals surface area contributed by atoms with Crippen molar-refractivity contribution in [1.29, 1.82) is 0 Å². The normalized spacial score (nSPS) is 22.1. The third-order valence-corrected chi connectivity index (χ3v) is 2.28. The van der Waals surface area contributed by atoms with Crippen LogP contribution in [0.4, 0.5) is 0 Å². The molecule has 1 rings (SSSR count). The van der Waals surface area contributed by atoms with Crippen LogP contribution in [-0.4, -0.2) is 30.9 Å². The molecule has 4 nitrogen and oxygen atoms in total. The third kappa shape index (κ3) is 3.46. The Morgan fingerprint density at radius 2 is 2.43 bits per heavy atom. The molecule has 1 N–H and O–H groups in total. The fraction of sp³-hybridized carbons (Fsp3) is 0.800. The second kappa shape index (κ2) is 5.75. The summed E-state index contributed by atoms with van der Waals surface area (Å²) in [5.41, 5.74) is 0. The Kier molecular flexibility index (Phi) is 4.59. The number of hydrogen-bond acceptors (Lipinski definition) is 4. The lowest BCUT2D eigenvalue weighted by Gasteiger charge is -2.20. The Bertz CT molecular complexity index is 205. The second-order valence-electron chi connectivity index (χ2n) is 3.53. The van der Waals surface area contributed by atoms with Gasteiger partial charge < -0.3 is 4.74 Å². The number of ketones is 1. The summed E-state index contributed by atoms with van der Waals surface area (Å²) in [5.74, 6) is -0.0476. The van der Waals surface area contributed by atoms with E-state index in [1.807, 2.05) is 6.92 Å². The molecule has 0 unspecified atom stereocenters. The minimum absolute atomic E-state index is 0.169. The van der Waals surface area contributed by atoms with Crippen LogP contribution in [0.3, 0.4) is 0 Å². The molecule has 0 aromatic carbocycles. The standard InChI is InChI=1S/C10H17NO3/c1-2-3-6-14-10(13)9-5-4-8(12)7-11-9/h9,11H,2-7H2,1H3/t9-/m0/s1. The number of hydrogen-bond donors (Lipinski definition) is 1. The first kappa shape index (κ1) is 11.2. The average Bonchev–Trinajstić information content (AvgIpc) is 2.19. The number of nitrogens with one attached hydrogen (secondary N) is 1. The molecule has 0 bridgehead atoms. The highest BCUT2D eigenvalue weighted by molar-refractivity contribution is 5.85. The van der Waals surface area contributed by atoms with Crippen LogP contribution < -0.4 is 5.32 Å². The monoisotopic (exact) mass is 199 g/mol. The van der Waals surface area contributed by atoms with Crippen molar-refractivity contribution < 1.29 is 14.3 Å². The van der Waals surface area contributed by atoms with Crippen LogP contribution in [0.5, 0.6) is 0 Å². The summed E-state index contributed by atoms with van der Waals surface area (Å²) >= 11 is 0. The lowest BCUT2D eigenvalue weighted by molar-refractivity contribution is -0.147. The van der Waals surface area contributed by atoms with Gasteiger partial charge in [-0.25, -0.2) is 0 Å². The summed E-state index contributed by atoms with van der Waals surface area (Å²) < 4.78 is 5.04. The molecule has 0 aromatic rings. The Morgan fingerprint density at radius 1 is 1.64 bits per heavy atom. The van der Waals surface area contributed by atoms with Gasteiger partial charge in [-0.05, 0) is 12.8 Å². The number of rotatable bonds is 4. The maximum absolute atomic E-state index is 11.4. The van der Waals surface area contributed by atoms with Crippen molar-refractivity contribution in [1.82, 2.24) is 5.32 Å². The maximum Gasteiger partial charge on any atom is 0.323 e. The second-order valence-corrected chi connectivity index (χ2v) is 3.53. The number of unbranched alkanes of at least 4 members (excludes halogenated alkanes) is 1. The zero-order valence-corrected chi connectivity index (χ0v) is 8.54. The van der Waals surface area contributed by atoms with Crippen molar-refractivity contribution in [2.45, 2.75) is 38.6 Å². The molecule has 14 heavy (non-hydrogen) atoms. The van der Waals surface area contributed by atoms with E-state index in [1.54, 1.807) is 0 Å². The lowest BCUT2D eigenvalue weighted by Crippen LogP contribution is -2.45. The van der Waals surface area contributed by atoms with Crippen LogP contribution in [0.2, 0.25) is 0 Å². The molecule has 4 heteroatoms. The molecular formula is C10H17NO3. The quantitative estimate of drug-likeness (QED) is 0.533. The predicted molar refractivity (Wildman–Crippen MR) is 51.9 cm³/mol. The SMILES string of the molecule is CCCCOC(=O)[C@@H]1CCC(=O)CN1. The van der Waals surface area contributed by atoms with Crippen molar-refractivity contribution in [3.8, 4) is 0 Å². The van der Waals surface area contributed by atoms with Gasteiger partial charge in [-0.3, -0.25) is 14.9 Å². The summed E-state index contributed by atoms with van der Waals surface area (Å²) in [6.07, 6.45) is 2.98. The van der Waals surface area contributed by atoms with Gasteiger partial charge in [-0.2, -0.15) is 0 Å². The van der Waals surface area contributed by atoms with E-state index in [9.17, 15) is 9.59 Å². The van der Waals surface area contributed by atoms with Crippen LogP contribution in [0.1, 0.15) is 32.6 Å². The van der Waals surface area contributed by atoms with Crippen molar-refractivity contribution in [3.63, 3.8) is 0 Å². The van der Waals surface area contributed by atoms with E-state index in [2.05, 4.69) is 5.32 Å². The number of carbonyl (C=O) groups excluding carboxylic acids is 2. The summed E-state index contributed by atoms with van der Waals surface area (Å²) in [7, 11) is 0. The smallest absolute Gasteiger partial charge is 0.323 e. The Balaban J connectivity index is 2.20. The summed E-state index contributed by atoms with van der Waals surface area (Å²) in [4.78, 5) is 22.3. The minimum atomic E-state index is -0.274. The number of piperidine rings is 1. The molecule has 1 fully saturated rings. The molecule has 80 valence electrons. The fourth-order valence-electron chi connectivity index (χ4n) is 1.35. The van der Waals surface area contributed by atoms with Crippen LogP contribution >= 0.6 is 0 Å². The highest BCUT2D eigenvalue weighted by Gasteiger charge is 2.24. The van der Waals surface area contributed by atoms with E-state index in [0.29, 0.717) is 26.0 Å². The molecule has 1 aliphatic rings. The van der Waals surface area contributed by atoms with Gasteiger partial charge in [-0.15, -0.1) is 0 Å². The van der Waals surface area contributed by atoms with Gasteiger partial charge in [0.15, 0.2) is 0 Å². The van der Waals surface area contributed by atoms with E-state index < -0.39 is 0 Å². The molecule has 0 spiro atoms. The molecule has 0 aliphatic carbocycles. The first-order valence-electron chi connectivity index (χ1n) is 5.15. The fourth-order valence-corrected chi connectivity index (χ4v) is 1.35. The lowest BCUT2D eigenvalue weighted by atomic mass is 10.0. The average molecular weight is 199 g/mol. The molecule has 0 radical (unpaired) electrons. The number of ether oxygens (including phenoxy) is 1. The van der Waals surface area contributed by atoms with Gasteiger partial charge in [0, 0.05) is 6.42 Å². The van der Waals surface area contributed by atoms with E-state index in [-0.39, 0.29) is 17.8 Å². The summed E-state index contributed by atoms with van der Waals surface area (Å²) in [6, 6.07) is -0.274. The largest absolute Gasteiger partial charge is 0.465 e. The molecule has 1 atom stereocenters. The highest BCUT2D eigenvalue weighted by atomic mass is 16.5. The number of Topliss-reactive ketones (excluding diaryl/α,β-unsaturated/α-hetero) is 1. The molecule has 0 aromatic heterocycles. The van der Waals surface area contributed by atoms with Gasteiger partial charge in [0.2, 0.25) is 0 Å². The third-order valence-electron chi connectivity index (χ3n) is 2.28. The first-order valence-corrected chi connectivity index (χ1v) is 5.15. The van der Waals surface area contributed by atoms with Gasteiger partial charge >= 0.3 is 5.97 Å². The minimum Gasteiger partial charge on any atom is -0.465 e. The molecule has 1 saturated heterocycles. The van der Waals surface area contributed by atoms with Gasteiger partial charge in [0.05, 0.1) is 13.2 Å². The zero-order chi connectivity index (χ0) is 10.4. The van der Waals surface area contributed by atoms with Crippen LogP contribution in [-0.2, 0) is 14.3 Å². The van der Waals surface area contributed by atoms with Crippen molar-refractivity contribution in [3.05, 3.63) is 0 Å². The number of carbonyl (C=O) groups is 2. The van der Waals surface area contributed by atoms with Crippen molar-refractivity contribution in [2.24, 2.45) is 0 Å². The summed E-state index contributed by atoms with van der Waals surface area (Å²) in [6.45, 7) is 2.83. The predicted octanol–water partition coefficient (Wildman–Crippen LogP) is 0.651. The molecule has 1 heterocycles. The van der Waals surface area contributed by atoms with Crippen molar-refractivity contribution in [2.75, 3.05) is 13.2 Å². The van der Waals surface area contributed by atoms with Crippen LogP contribution in [0.25, 0.3) is 0 Å². The Labute approximate surface area is 84.0 Å². The van der Waals surface area contributed by atoms with E-state index in [4.69, 9.17) is 4.74 Å². The van der Waals surface area contributed by atoms with Gasteiger partial charge in [-0.1, -0.05) is 13.3 Å². The van der Waals surface area contributed by atoms with Crippen LogP contribution in [0, 0.1) is 0 Å². The van der Waals surface area contributed by atoms with E-state index >= 15 is 0 Å². The zero-order valence-electron chi connectivity index (χ0n) is 8.54. The Morgan fingerprint density at radius 3 is 3.00 bits per heavy atom. The molecule has 0 saturated carbocycles. The molecular weight excluding hydrogens is 182 g/mol. The van der Waals surface area contributed by atoms with E-state index in [1.165, 1.54) is 0 Å². The summed E-state index contributed by atoms with van der Waals surface area (Å²) in [5, 5.41) is 2.87. The molecule has 0 amide bonds. The van der Waals surface area contributed by atoms with E-state index in [0.717, 1.165) is 12.8 Å². The highest BCUT2D eigenvalue weighted by Crippen LogP contribution is 2.06. The maximum atomic E-state index is 11.4. The number of esters is 1. The van der Waals surface area contributed by atoms with Gasteiger partial charge in [0.25, 0.3) is 0 Å². The topological polar surface area (TPSA) is 55.4 Å².